The number of rotatable bonds is 3. The van der Waals surface area contributed by atoms with Crippen molar-refractivity contribution in [2.75, 3.05) is 0 Å². The average Bonchev–Trinajstić information content (AvgIpc) is 3.05. The van der Waals surface area contributed by atoms with Crippen LogP contribution in [-0.4, -0.2) is 19.5 Å². The number of nitrogens with two attached hydrogens (primary N) is 1. The summed E-state index contributed by atoms with van der Waals surface area (Å²) < 4.78 is 6.92. The fourth-order valence-corrected chi connectivity index (χ4v) is 2.61. The topological polar surface area (TPSA) is 133 Å². The molecule has 2 N–H and O–H groups in total. The summed E-state index contributed by atoms with van der Waals surface area (Å²) in [4.78, 5) is 18.1. The number of imidazole rings is 1. The molecule has 0 spiro atoms. The molecule has 0 aromatic carbocycles. The summed E-state index contributed by atoms with van der Waals surface area (Å²) in [5.74, 6) is -0.442. The van der Waals surface area contributed by atoms with Crippen molar-refractivity contribution in [3.63, 3.8) is 0 Å². The van der Waals surface area contributed by atoms with Crippen LogP contribution in [0.4, 0.5) is 5.82 Å². The first-order valence-electron chi connectivity index (χ1n) is 6.90. The van der Waals surface area contributed by atoms with Crippen molar-refractivity contribution in [2.24, 2.45) is 5.73 Å². The molecule has 0 amide bonds. The van der Waals surface area contributed by atoms with Crippen LogP contribution in [0.5, 0.6) is 0 Å². The molecule has 0 unspecified atom stereocenters. The summed E-state index contributed by atoms with van der Waals surface area (Å²) in [7, 11) is 0. The molecule has 3 rings (SSSR count). The molecule has 3 heterocycles. The zero-order chi connectivity index (χ0) is 17.3. The van der Waals surface area contributed by atoms with E-state index in [4.69, 9.17) is 10.5 Å². The van der Waals surface area contributed by atoms with E-state index < -0.39 is 10.8 Å². The van der Waals surface area contributed by atoms with E-state index in [2.05, 4.69) is 16.0 Å². The van der Waals surface area contributed by atoms with Gasteiger partial charge in [-0.3, -0.25) is 9.55 Å². The summed E-state index contributed by atoms with van der Waals surface area (Å²) in [6, 6.07) is 5.59. The second kappa shape index (κ2) is 5.85. The standard InChI is InChI=1S/C15H12N6O3/c1-9-14(20-7-12(19-8-20)21(22)23)13(10-3-2-4-18-6-10)11(5-16)15(17)24-9/h2-4,6-8,13H,17H2,1H3/t13-/m1/s1. The smallest absolute Gasteiger partial charge is 0.381 e. The third kappa shape index (κ3) is 2.46. The van der Waals surface area contributed by atoms with Gasteiger partial charge in [-0.2, -0.15) is 5.26 Å². The minimum absolute atomic E-state index is 0.00205. The number of pyridine rings is 1. The molecule has 0 bridgehead atoms. The van der Waals surface area contributed by atoms with Crippen LogP contribution in [0, 0.1) is 21.4 Å². The van der Waals surface area contributed by atoms with Crippen molar-refractivity contribution in [1.29, 1.82) is 5.26 Å². The lowest BCUT2D eigenvalue weighted by molar-refractivity contribution is -0.389. The molecule has 2 aromatic heterocycles. The molecule has 0 aliphatic carbocycles. The van der Waals surface area contributed by atoms with Crippen LogP contribution < -0.4 is 5.73 Å². The molecule has 0 fully saturated rings. The van der Waals surface area contributed by atoms with Gasteiger partial charge in [0, 0.05) is 12.4 Å². The Labute approximate surface area is 136 Å². The highest BCUT2D eigenvalue weighted by Crippen LogP contribution is 2.41. The number of aromatic nitrogens is 3. The minimum atomic E-state index is -0.593. The number of nitrogens with zero attached hydrogens (tertiary/aromatic N) is 5. The Hall–Kier alpha value is -3.67. The molecule has 0 saturated heterocycles. The molecule has 0 saturated carbocycles. The van der Waals surface area contributed by atoms with Crippen LogP contribution in [0.25, 0.3) is 5.70 Å². The monoisotopic (exact) mass is 324 g/mol. The Balaban J connectivity index is 2.19. The summed E-state index contributed by atoms with van der Waals surface area (Å²) in [5, 5.41) is 20.4. The van der Waals surface area contributed by atoms with Gasteiger partial charge in [-0.05, 0) is 28.5 Å². The molecule has 2 aromatic rings. The highest BCUT2D eigenvalue weighted by Gasteiger charge is 2.33. The predicted molar refractivity (Wildman–Crippen MR) is 82.7 cm³/mol. The van der Waals surface area contributed by atoms with E-state index in [0.717, 1.165) is 0 Å². The maximum absolute atomic E-state index is 10.9. The lowest BCUT2D eigenvalue weighted by atomic mass is 9.87. The van der Waals surface area contributed by atoms with Gasteiger partial charge < -0.3 is 20.6 Å². The molecule has 1 aliphatic heterocycles. The lowest BCUT2D eigenvalue weighted by Gasteiger charge is -2.27. The van der Waals surface area contributed by atoms with E-state index in [1.807, 2.05) is 0 Å². The third-order valence-electron chi connectivity index (χ3n) is 3.62. The second-order valence-electron chi connectivity index (χ2n) is 5.05. The Bertz CT molecular complexity index is 907. The third-order valence-corrected chi connectivity index (χ3v) is 3.62. The van der Waals surface area contributed by atoms with Crippen LogP contribution in [0.1, 0.15) is 18.4 Å². The van der Waals surface area contributed by atoms with Gasteiger partial charge in [0.05, 0.1) is 11.6 Å². The van der Waals surface area contributed by atoms with Gasteiger partial charge in [0.15, 0.2) is 0 Å². The van der Waals surface area contributed by atoms with Crippen molar-refractivity contribution >= 4 is 11.5 Å². The number of hydrogen-bond donors (Lipinski definition) is 1. The van der Waals surface area contributed by atoms with Gasteiger partial charge in [0.2, 0.25) is 12.2 Å². The maximum atomic E-state index is 10.9. The van der Waals surface area contributed by atoms with Gasteiger partial charge in [-0.25, -0.2) is 0 Å². The number of allylic oxidation sites excluding steroid dienone is 3. The molecule has 9 heteroatoms. The van der Waals surface area contributed by atoms with Gasteiger partial charge in [-0.1, -0.05) is 6.07 Å². The molecular weight excluding hydrogens is 312 g/mol. The van der Waals surface area contributed by atoms with Gasteiger partial charge in [0.1, 0.15) is 23.6 Å². The molecule has 0 radical (unpaired) electrons. The van der Waals surface area contributed by atoms with Crippen LogP contribution in [0.15, 0.2) is 54.3 Å². The normalized spacial score (nSPS) is 17.4. The molecule has 120 valence electrons. The summed E-state index contributed by atoms with van der Waals surface area (Å²) in [6.07, 6.45) is 5.79. The Kier molecular flexibility index (Phi) is 3.71. The molecule has 9 nitrogen and oxygen atoms in total. The van der Waals surface area contributed by atoms with E-state index in [0.29, 0.717) is 17.0 Å². The molecular formula is C15H12N6O3. The summed E-state index contributed by atoms with van der Waals surface area (Å²) in [6.45, 7) is 1.67. The maximum Gasteiger partial charge on any atom is 0.381 e. The SMILES string of the molecule is CC1=C(n2cnc([N+](=O)[O-])c2)[C@H](c2cccnc2)C(C#N)=C(N)O1. The van der Waals surface area contributed by atoms with E-state index in [1.54, 1.807) is 31.5 Å². The summed E-state index contributed by atoms with van der Waals surface area (Å²) in [5.41, 5.74) is 7.29. The first-order valence-corrected chi connectivity index (χ1v) is 6.90. The van der Waals surface area contributed by atoms with Crippen molar-refractivity contribution in [3.05, 3.63) is 69.9 Å². The van der Waals surface area contributed by atoms with Gasteiger partial charge in [0.25, 0.3) is 0 Å². The highest BCUT2D eigenvalue weighted by atomic mass is 16.6. The summed E-state index contributed by atoms with van der Waals surface area (Å²) >= 11 is 0. The second-order valence-corrected chi connectivity index (χ2v) is 5.05. The van der Waals surface area contributed by atoms with Crippen LogP contribution in [0.3, 0.4) is 0 Å². The van der Waals surface area contributed by atoms with Crippen molar-refractivity contribution in [1.82, 2.24) is 14.5 Å². The number of hydrogen-bond acceptors (Lipinski definition) is 7. The Morgan fingerprint density at radius 3 is 2.92 bits per heavy atom. The van der Waals surface area contributed by atoms with E-state index in [1.165, 1.54) is 17.1 Å². The van der Waals surface area contributed by atoms with Crippen molar-refractivity contribution in [3.8, 4) is 6.07 Å². The van der Waals surface area contributed by atoms with E-state index >= 15 is 0 Å². The van der Waals surface area contributed by atoms with E-state index in [-0.39, 0.29) is 17.3 Å². The van der Waals surface area contributed by atoms with Crippen LogP contribution >= 0.6 is 0 Å². The molecule has 1 aliphatic rings. The first kappa shape index (κ1) is 15.2. The number of nitriles is 1. The number of nitro groups is 1. The van der Waals surface area contributed by atoms with Gasteiger partial charge in [-0.15, -0.1) is 0 Å². The Morgan fingerprint density at radius 1 is 1.54 bits per heavy atom. The van der Waals surface area contributed by atoms with Crippen molar-refractivity contribution in [2.45, 2.75) is 12.8 Å². The molecule has 24 heavy (non-hydrogen) atoms. The zero-order valence-electron chi connectivity index (χ0n) is 12.6. The first-order chi connectivity index (χ1) is 11.5. The number of ether oxygens (including phenoxy) is 1. The van der Waals surface area contributed by atoms with Gasteiger partial charge >= 0.3 is 5.82 Å². The Morgan fingerprint density at radius 2 is 2.33 bits per heavy atom. The van der Waals surface area contributed by atoms with Crippen LogP contribution in [-0.2, 0) is 4.74 Å². The highest BCUT2D eigenvalue weighted by molar-refractivity contribution is 5.67. The fraction of sp³-hybridized carbons (Fsp3) is 0.133. The van der Waals surface area contributed by atoms with Crippen molar-refractivity contribution < 1.29 is 9.66 Å². The zero-order valence-corrected chi connectivity index (χ0v) is 12.6. The van der Waals surface area contributed by atoms with Crippen LogP contribution in [0.2, 0.25) is 0 Å². The quantitative estimate of drug-likeness (QED) is 0.673. The van der Waals surface area contributed by atoms with E-state index in [9.17, 15) is 15.4 Å². The molecule has 1 atom stereocenters. The average molecular weight is 324 g/mol. The fourth-order valence-electron chi connectivity index (χ4n) is 2.61. The predicted octanol–water partition coefficient (Wildman–Crippen LogP) is 1.88. The minimum Gasteiger partial charge on any atom is -0.443 e. The largest absolute Gasteiger partial charge is 0.443 e. The lowest BCUT2D eigenvalue weighted by Crippen LogP contribution is -2.21.